The first kappa shape index (κ1) is 20.7. The molecule has 27 heavy (non-hydrogen) atoms. The van der Waals surface area contributed by atoms with Crippen LogP contribution in [-0.2, 0) is 4.74 Å². The molecule has 0 N–H and O–H groups in total. The Hall–Kier alpha value is -2.62. The number of rotatable bonds is 11. The highest BCUT2D eigenvalue weighted by Gasteiger charge is 2.03. The van der Waals surface area contributed by atoms with Crippen molar-refractivity contribution < 1.29 is 14.3 Å². The number of methoxy groups -OCH3 is 1. The summed E-state index contributed by atoms with van der Waals surface area (Å²) >= 11 is 0. The topological polar surface area (TPSA) is 47.9 Å². The highest BCUT2D eigenvalue weighted by Crippen LogP contribution is 2.16. The minimum Gasteiger partial charge on any atom is -0.494 e. The van der Waals surface area contributed by atoms with Crippen LogP contribution < -0.4 is 4.74 Å². The van der Waals surface area contributed by atoms with Crippen LogP contribution in [0.2, 0.25) is 0 Å². The summed E-state index contributed by atoms with van der Waals surface area (Å²) in [6.07, 6.45) is 9.38. The van der Waals surface area contributed by atoms with Gasteiger partial charge in [-0.1, -0.05) is 39.0 Å². The van der Waals surface area contributed by atoms with E-state index in [1.54, 1.807) is 30.5 Å². The molecule has 0 saturated heterocycles. The zero-order valence-electron chi connectivity index (χ0n) is 16.3. The molecule has 0 aliphatic heterocycles. The summed E-state index contributed by atoms with van der Waals surface area (Å²) in [5, 5.41) is 0. The van der Waals surface area contributed by atoms with E-state index < -0.39 is 0 Å². The van der Waals surface area contributed by atoms with Gasteiger partial charge in [0.05, 0.1) is 25.0 Å². The third-order valence-corrected chi connectivity index (χ3v) is 4.30. The van der Waals surface area contributed by atoms with Gasteiger partial charge in [-0.05, 0) is 60.5 Å². The maximum Gasteiger partial charge on any atom is 0.337 e. The molecule has 0 fully saturated rings. The molecule has 0 unspecified atom stereocenters. The van der Waals surface area contributed by atoms with Crippen LogP contribution in [-0.4, -0.2) is 25.9 Å². The molecule has 2 aromatic rings. The van der Waals surface area contributed by atoms with Crippen LogP contribution >= 0.6 is 0 Å². The van der Waals surface area contributed by atoms with Crippen molar-refractivity contribution in [2.75, 3.05) is 13.7 Å². The van der Waals surface area contributed by atoms with E-state index in [2.05, 4.69) is 16.7 Å². The van der Waals surface area contributed by atoms with Gasteiger partial charge in [0.15, 0.2) is 0 Å². The molecule has 0 atom stereocenters. The standard InChI is InChI=1S/C23H29NO3/c1-3-4-5-6-7-8-17-27-22-15-9-19(10-16-22)18-24-21-13-11-20(12-14-21)23(25)26-2/h9-16,18H,3-8,17H2,1-2H3. The van der Waals surface area contributed by atoms with E-state index in [-0.39, 0.29) is 5.97 Å². The van der Waals surface area contributed by atoms with Crippen molar-refractivity contribution >= 4 is 17.9 Å². The Labute approximate surface area is 162 Å². The molecule has 4 nitrogen and oxygen atoms in total. The van der Waals surface area contributed by atoms with E-state index in [9.17, 15) is 4.79 Å². The lowest BCUT2D eigenvalue weighted by atomic mass is 10.1. The van der Waals surface area contributed by atoms with Gasteiger partial charge >= 0.3 is 5.97 Å². The minimum atomic E-state index is -0.345. The van der Waals surface area contributed by atoms with E-state index in [1.165, 1.54) is 39.2 Å². The fourth-order valence-electron chi connectivity index (χ4n) is 2.67. The molecule has 0 spiro atoms. The van der Waals surface area contributed by atoms with Crippen LogP contribution in [0.1, 0.15) is 61.4 Å². The van der Waals surface area contributed by atoms with Gasteiger partial charge < -0.3 is 9.47 Å². The van der Waals surface area contributed by atoms with Crippen LogP contribution in [0.5, 0.6) is 5.75 Å². The zero-order valence-corrected chi connectivity index (χ0v) is 16.3. The smallest absolute Gasteiger partial charge is 0.337 e. The maximum atomic E-state index is 11.4. The Morgan fingerprint density at radius 1 is 0.926 bits per heavy atom. The van der Waals surface area contributed by atoms with E-state index in [4.69, 9.17) is 4.74 Å². The molecule has 144 valence electrons. The quantitative estimate of drug-likeness (QED) is 0.279. The number of ether oxygens (including phenoxy) is 2. The summed E-state index contributed by atoms with van der Waals surface area (Å²) in [7, 11) is 1.37. The Kier molecular flexibility index (Phi) is 9.11. The minimum absolute atomic E-state index is 0.345. The second kappa shape index (κ2) is 11.9. The number of hydrogen-bond acceptors (Lipinski definition) is 4. The van der Waals surface area contributed by atoms with Crippen LogP contribution in [0.4, 0.5) is 5.69 Å². The van der Waals surface area contributed by atoms with Crippen molar-refractivity contribution in [3.05, 3.63) is 59.7 Å². The number of hydrogen-bond donors (Lipinski definition) is 0. The van der Waals surface area contributed by atoms with Crippen LogP contribution in [0.15, 0.2) is 53.5 Å². The molecule has 0 aromatic heterocycles. The number of unbranched alkanes of at least 4 members (excludes halogenated alkanes) is 5. The second-order valence-electron chi connectivity index (χ2n) is 6.48. The van der Waals surface area contributed by atoms with E-state index >= 15 is 0 Å². The summed E-state index contributed by atoms with van der Waals surface area (Å²) < 4.78 is 10.5. The van der Waals surface area contributed by atoms with Gasteiger partial charge in [-0.25, -0.2) is 4.79 Å². The van der Waals surface area contributed by atoms with Gasteiger partial charge in [0, 0.05) is 6.21 Å². The molecule has 0 aliphatic carbocycles. The van der Waals surface area contributed by atoms with Gasteiger partial charge in [0.2, 0.25) is 0 Å². The number of aliphatic imine (C=N–C) groups is 1. The van der Waals surface area contributed by atoms with Gasteiger partial charge in [-0.3, -0.25) is 4.99 Å². The second-order valence-corrected chi connectivity index (χ2v) is 6.48. The fraction of sp³-hybridized carbons (Fsp3) is 0.391. The monoisotopic (exact) mass is 367 g/mol. The van der Waals surface area contributed by atoms with Crippen LogP contribution in [0, 0.1) is 0 Å². The van der Waals surface area contributed by atoms with Crippen molar-refractivity contribution in [1.82, 2.24) is 0 Å². The number of carbonyl (C=O) groups is 1. The van der Waals surface area contributed by atoms with Crippen molar-refractivity contribution in [1.29, 1.82) is 0 Å². The fourth-order valence-corrected chi connectivity index (χ4v) is 2.67. The summed E-state index contributed by atoms with van der Waals surface area (Å²) in [4.78, 5) is 15.8. The number of esters is 1. The third kappa shape index (κ3) is 7.65. The first-order valence-corrected chi connectivity index (χ1v) is 9.68. The zero-order chi connectivity index (χ0) is 19.3. The van der Waals surface area contributed by atoms with Crippen LogP contribution in [0.3, 0.4) is 0 Å². The summed E-state index contributed by atoms with van der Waals surface area (Å²) in [5.74, 6) is 0.546. The van der Waals surface area contributed by atoms with Crippen molar-refractivity contribution in [2.24, 2.45) is 4.99 Å². The lowest BCUT2D eigenvalue weighted by Gasteiger charge is -2.06. The van der Waals surface area contributed by atoms with Crippen molar-refractivity contribution in [2.45, 2.75) is 45.4 Å². The molecule has 2 aromatic carbocycles. The Balaban J connectivity index is 1.76. The first-order chi connectivity index (χ1) is 13.2. The Morgan fingerprint density at radius 2 is 1.59 bits per heavy atom. The van der Waals surface area contributed by atoms with Gasteiger partial charge in [-0.15, -0.1) is 0 Å². The molecule has 0 saturated carbocycles. The predicted octanol–water partition coefficient (Wildman–Crippen LogP) is 5.96. The molecule has 0 radical (unpaired) electrons. The average Bonchev–Trinajstić information content (AvgIpc) is 2.72. The van der Waals surface area contributed by atoms with Crippen molar-refractivity contribution in [3.63, 3.8) is 0 Å². The highest BCUT2D eigenvalue weighted by molar-refractivity contribution is 5.90. The summed E-state index contributed by atoms with van der Waals surface area (Å²) in [6, 6.07) is 14.9. The van der Waals surface area contributed by atoms with Gasteiger partial charge in [0.25, 0.3) is 0 Å². The van der Waals surface area contributed by atoms with Crippen molar-refractivity contribution in [3.8, 4) is 5.75 Å². The van der Waals surface area contributed by atoms with Gasteiger partial charge in [0.1, 0.15) is 5.75 Å². The molecule has 2 rings (SSSR count). The molecule has 0 bridgehead atoms. The summed E-state index contributed by atoms with van der Waals surface area (Å²) in [5.41, 5.74) is 2.30. The summed E-state index contributed by atoms with van der Waals surface area (Å²) in [6.45, 7) is 3.00. The van der Waals surface area contributed by atoms with E-state index in [0.717, 1.165) is 30.0 Å². The maximum absolute atomic E-state index is 11.4. The molecule has 0 amide bonds. The normalized spacial score (nSPS) is 10.9. The predicted molar refractivity (Wildman–Crippen MR) is 110 cm³/mol. The highest BCUT2D eigenvalue weighted by atomic mass is 16.5. The Bertz CT molecular complexity index is 705. The SMILES string of the molecule is CCCCCCCCOc1ccc(C=Nc2ccc(C(=O)OC)cc2)cc1. The van der Waals surface area contributed by atoms with E-state index in [0.29, 0.717) is 5.56 Å². The first-order valence-electron chi connectivity index (χ1n) is 9.68. The third-order valence-electron chi connectivity index (χ3n) is 4.30. The average molecular weight is 367 g/mol. The molecular weight excluding hydrogens is 338 g/mol. The van der Waals surface area contributed by atoms with E-state index in [1.807, 2.05) is 24.3 Å². The lowest BCUT2D eigenvalue weighted by molar-refractivity contribution is 0.0601. The molecule has 4 heteroatoms. The number of carbonyl (C=O) groups excluding carboxylic acids is 1. The molecular formula is C23H29NO3. The van der Waals surface area contributed by atoms with Gasteiger partial charge in [-0.2, -0.15) is 0 Å². The Morgan fingerprint density at radius 3 is 2.26 bits per heavy atom. The number of nitrogens with zero attached hydrogens (tertiary/aromatic N) is 1. The largest absolute Gasteiger partial charge is 0.494 e. The lowest BCUT2D eigenvalue weighted by Crippen LogP contribution is -1.99. The molecule has 0 aliphatic rings. The number of benzene rings is 2. The van der Waals surface area contributed by atoms with Crippen LogP contribution in [0.25, 0.3) is 0 Å². The molecule has 0 heterocycles.